The van der Waals surface area contributed by atoms with Crippen molar-refractivity contribution in [3.63, 3.8) is 0 Å². The predicted octanol–water partition coefficient (Wildman–Crippen LogP) is 1.69. The number of nitrogens with one attached hydrogen (secondary N) is 1. The molecule has 2 fully saturated rings. The van der Waals surface area contributed by atoms with E-state index in [0.717, 1.165) is 36.8 Å². The number of rotatable bonds is 4. The molecule has 1 aliphatic carbocycles. The van der Waals surface area contributed by atoms with Gasteiger partial charge in [0.1, 0.15) is 0 Å². The third kappa shape index (κ3) is 2.31. The molecule has 2 unspecified atom stereocenters. The van der Waals surface area contributed by atoms with E-state index in [2.05, 4.69) is 21.6 Å². The van der Waals surface area contributed by atoms with E-state index in [-0.39, 0.29) is 0 Å². The van der Waals surface area contributed by atoms with Crippen LogP contribution in [0.15, 0.2) is 18.5 Å². The molecule has 2 atom stereocenters. The SMILES string of the molecule is Cc1cc2ncc(CNC3CCOC3C3CC3)cn2n1. The minimum atomic E-state index is 0.429. The molecule has 106 valence electrons. The molecule has 5 heteroatoms. The number of aryl methyl sites for hydroxylation is 1. The Balaban J connectivity index is 1.44. The minimum Gasteiger partial charge on any atom is -0.376 e. The molecule has 2 aromatic heterocycles. The van der Waals surface area contributed by atoms with Crippen LogP contribution in [0.5, 0.6) is 0 Å². The van der Waals surface area contributed by atoms with Crippen molar-refractivity contribution in [3.8, 4) is 0 Å². The topological polar surface area (TPSA) is 51.5 Å². The van der Waals surface area contributed by atoms with E-state index in [1.54, 1.807) is 0 Å². The van der Waals surface area contributed by atoms with Crippen LogP contribution in [0.2, 0.25) is 0 Å². The van der Waals surface area contributed by atoms with Gasteiger partial charge in [0.2, 0.25) is 0 Å². The van der Waals surface area contributed by atoms with E-state index in [0.29, 0.717) is 12.1 Å². The van der Waals surface area contributed by atoms with E-state index in [1.807, 2.05) is 23.7 Å². The van der Waals surface area contributed by atoms with Crippen LogP contribution >= 0.6 is 0 Å². The van der Waals surface area contributed by atoms with Gasteiger partial charge in [0.15, 0.2) is 5.65 Å². The number of ether oxygens (including phenoxy) is 1. The molecule has 0 aromatic carbocycles. The van der Waals surface area contributed by atoms with Crippen molar-refractivity contribution in [2.24, 2.45) is 5.92 Å². The van der Waals surface area contributed by atoms with Gasteiger partial charge >= 0.3 is 0 Å². The standard InChI is InChI=1S/C15H20N4O/c1-10-6-14-17-8-11(9-19(14)18-10)7-16-13-4-5-20-15(13)12-2-3-12/h6,8-9,12-13,15-16H,2-5,7H2,1H3. The normalized spacial score (nSPS) is 26.4. The predicted molar refractivity (Wildman–Crippen MR) is 75.4 cm³/mol. The van der Waals surface area contributed by atoms with Crippen LogP contribution in [-0.4, -0.2) is 33.4 Å². The second-order valence-electron chi connectivity index (χ2n) is 6.00. The lowest BCUT2D eigenvalue weighted by Crippen LogP contribution is -2.37. The second kappa shape index (κ2) is 4.82. The highest BCUT2D eigenvalue weighted by Crippen LogP contribution is 2.38. The summed E-state index contributed by atoms with van der Waals surface area (Å²) in [4.78, 5) is 4.44. The Bertz CT molecular complexity index is 619. The molecular weight excluding hydrogens is 252 g/mol. The minimum absolute atomic E-state index is 0.429. The Labute approximate surface area is 118 Å². The molecule has 5 nitrogen and oxygen atoms in total. The summed E-state index contributed by atoms with van der Waals surface area (Å²) >= 11 is 0. The first kappa shape index (κ1) is 12.3. The van der Waals surface area contributed by atoms with Crippen molar-refractivity contribution >= 4 is 5.65 Å². The highest BCUT2D eigenvalue weighted by atomic mass is 16.5. The lowest BCUT2D eigenvalue weighted by Gasteiger charge is -2.19. The Morgan fingerprint density at radius 3 is 3.15 bits per heavy atom. The van der Waals surface area contributed by atoms with Crippen LogP contribution in [0.1, 0.15) is 30.5 Å². The molecule has 0 amide bonds. The summed E-state index contributed by atoms with van der Waals surface area (Å²) in [6, 6.07) is 2.49. The van der Waals surface area contributed by atoms with Gasteiger partial charge in [0.05, 0.1) is 11.8 Å². The third-order valence-electron chi connectivity index (χ3n) is 4.28. The van der Waals surface area contributed by atoms with Crippen molar-refractivity contribution in [1.82, 2.24) is 19.9 Å². The van der Waals surface area contributed by atoms with Gasteiger partial charge in [-0.05, 0) is 32.1 Å². The Morgan fingerprint density at radius 1 is 1.40 bits per heavy atom. The van der Waals surface area contributed by atoms with Crippen molar-refractivity contribution in [2.75, 3.05) is 6.61 Å². The summed E-state index contributed by atoms with van der Waals surface area (Å²) in [6.07, 6.45) is 8.22. The molecule has 1 saturated heterocycles. The third-order valence-corrected chi connectivity index (χ3v) is 4.28. The maximum atomic E-state index is 5.86. The fourth-order valence-electron chi connectivity index (χ4n) is 3.09. The van der Waals surface area contributed by atoms with Crippen LogP contribution in [0.3, 0.4) is 0 Å². The van der Waals surface area contributed by atoms with E-state index in [4.69, 9.17) is 4.74 Å². The maximum absolute atomic E-state index is 5.86. The molecule has 4 rings (SSSR count). The zero-order valence-corrected chi connectivity index (χ0v) is 11.7. The second-order valence-corrected chi connectivity index (χ2v) is 6.00. The first-order chi connectivity index (χ1) is 9.79. The van der Waals surface area contributed by atoms with Crippen molar-refractivity contribution in [2.45, 2.75) is 44.9 Å². The smallest absolute Gasteiger partial charge is 0.155 e. The number of fused-ring (bicyclic) bond motifs is 1. The van der Waals surface area contributed by atoms with Gasteiger partial charge in [0.25, 0.3) is 0 Å². The van der Waals surface area contributed by atoms with Crippen molar-refractivity contribution in [3.05, 3.63) is 29.7 Å². The fraction of sp³-hybridized carbons (Fsp3) is 0.600. The average Bonchev–Trinajstić information content (AvgIpc) is 3.05. The largest absolute Gasteiger partial charge is 0.376 e. The number of hydrogen-bond donors (Lipinski definition) is 1. The lowest BCUT2D eigenvalue weighted by atomic mass is 10.1. The molecule has 0 radical (unpaired) electrons. The first-order valence-corrected chi connectivity index (χ1v) is 7.45. The van der Waals surface area contributed by atoms with E-state index < -0.39 is 0 Å². The quantitative estimate of drug-likeness (QED) is 0.920. The van der Waals surface area contributed by atoms with Crippen LogP contribution in [0, 0.1) is 12.8 Å². The lowest BCUT2D eigenvalue weighted by molar-refractivity contribution is 0.0808. The summed E-state index contributed by atoms with van der Waals surface area (Å²) < 4.78 is 7.71. The first-order valence-electron chi connectivity index (χ1n) is 7.45. The summed E-state index contributed by atoms with van der Waals surface area (Å²) in [5, 5.41) is 8.04. The highest BCUT2D eigenvalue weighted by molar-refractivity contribution is 5.38. The van der Waals surface area contributed by atoms with Crippen LogP contribution in [0.25, 0.3) is 5.65 Å². The molecule has 2 aromatic rings. The van der Waals surface area contributed by atoms with E-state index in [9.17, 15) is 0 Å². The molecular formula is C15H20N4O. The van der Waals surface area contributed by atoms with Gasteiger partial charge in [-0.1, -0.05) is 0 Å². The van der Waals surface area contributed by atoms with Gasteiger partial charge in [-0.3, -0.25) is 0 Å². The van der Waals surface area contributed by atoms with E-state index >= 15 is 0 Å². The molecule has 3 heterocycles. The van der Waals surface area contributed by atoms with Crippen molar-refractivity contribution < 1.29 is 4.74 Å². The zero-order valence-electron chi connectivity index (χ0n) is 11.7. The maximum Gasteiger partial charge on any atom is 0.155 e. The summed E-state index contributed by atoms with van der Waals surface area (Å²) in [6.45, 7) is 3.72. The monoisotopic (exact) mass is 272 g/mol. The highest BCUT2D eigenvalue weighted by Gasteiger charge is 2.40. The van der Waals surface area contributed by atoms with Gasteiger partial charge in [-0.15, -0.1) is 0 Å². The number of aromatic nitrogens is 3. The molecule has 1 aliphatic heterocycles. The molecule has 0 spiro atoms. The Kier molecular flexibility index (Phi) is 2.97. The van der Waals surface area contributed by atoms with Crippen LogP contribution in [-0.2, 0) is 11.3 Å². The molecule has 20 heavy (non-hydrogen) atoms. The zero-order chi connectivity index (χ0) is 13.5. The van der Waals surface area contributed by atoms with E-state index in [1.165, 1.54) is 18.4 Å². The summed E-state index contributed by atoms with van der Waals surface area (Å²) in [5.41, 5.74) is 3.08. The van der Waals surface area contributed by atoms with Gasteiger partial charge in [0, 0.05) is 43.2 Å². The molecule has 2 aliphatic rings. The number of nitrogens with zero attached hydrogens (tertiary/aromatic N) is 3. The van der Waals surface area contributed by atoms with Crippen LogP contribution < -0.4 is 5.32 Å². The summed E-state index contributed by atoms with van der Waals surface area (Å²) in [5.74, 6) is 0.796. The van der Waals surface area contributed by atoms with Gasteiger partial charge in [-0.2, -0.15) is 5.10 Å². The molecule has 0 bridgehead atoms. The summed E-state index contributed by atoms with van der Waals surface area (Å²) in [7, 11) is 0. The van der Waals surface area contributed by atoms with Crippen molar-refractivity contribution in [1.29, 1.82) is 0 Å². The average molecular weight is 272 g/mol. The fourth-order valence-corrected chi connectivity index (χ4v) is 3.09. The van der Waals surface area contributed by atoms with Gasteiger partial charge in [-0.25, -0.2) is 9.50 Å². The molecule has 1 N–H and O–H groups in total. The molecule has 1 saturated carbocycles. The number of hydrogen-bond acceptors (Lipinski definition) is 4. The van der Waals surface area contributed by atoms with Crippen LogP contribution in [0.4, 0.5) is 0 Å². The Morgan fingerprint density at radius 2 is 2.30 bits per heavy atom. The Hall–Kier alpha value is -1.46. The van der Waals surface area contributed by atoms with Gasteiger partial charge < -0.3 is 10.1 Å².